The standard InChI is InChI=1S/C18H18N6OS/c1-2-16-20-8-11-9-24(10-14(11)21-16)18(25)23-17-12(19)5-6-13(22-17)15-4-3-7-26-15/h3-8H,2,9-10,19H2,1H3,(H,22,23,25). The third-order valence-corrected chi connectivity index (χ3v) is 5.13. The molecule has 4 heterocycles. The number of carbonyl (C=O) groups excluding carboxylic acids is 1. The average Bonchev–Trinajstić information content (AvgIpc) is 3.32. The van der Waals surface area contributed by atoms with Crippen LogP contribution in [0.3, 0.4) is 0 Å². The highest BCUT2D eigenvalue weighted by Gasteiger charge is 2.26. The van der Waals surface area contributed by atoms with Crippen LogP contribution in [0.4, 0.5) is 16.3 Å². The van der Waals surface area contributed by atoms with Gasteiger partial charge in [0.2, 0.25) is 0 Å². The molecular formula is C18H18N6OS. The van der Waals surface area contributed by atoms with Crippen LogP contribution in [-0.4, -0.2) is 25.9 Å². The lowest BCUT2D eigenvalue weighted by Gasteiger charge is -2.16. The molecule has 0 atom stereocenters. The molecule has 0 spiro atoms. The van der Waals surface area contributed by atoms with Gasteiger partial charge in [-0.3, -0.25) is 5.32 Å². The van der Waals surface area contributed by atoms with Gasteiger partial charge in [0.15, 0.2) is 5.82 Å². The van der Waals surface area contributed by atoms with Gasteiger partial charge in [-0.05, 0) is 23.6 Å². The molecule has 26 heavy (non-hydrogen) atoms. The molecule has 0 fully saturated rings. The number of rotatable bonds is 3. The van der Waals surface area contributed by atoms with Crippen molar-refractivity contribution in [1.82, 2.24) is 19.9 Å². The van der Waals surface area contributed by atoms with Gasteiger partial charge in [0.1, 0.15) is 5.82 Å². The van der Waals surface area contributed by atoms with Crippen molar-refractivity contribution in [3.63, 3.8) is 0 Å². The smallest absolute Gasteiger partial charge is 0.323 e. The van der Waals surface area contributed by atoms with E-state index < -0.39 is 0 Å². The van der Waals surface area contributed by atoms with Crippen molar-refractivity contribution in [2.75, 3.05) is 11.1 Å². The van der Waals surface area contributed by atoms with Crippen LogP contribution in [0.15, 0.2) is 35.8 Å². The fourth-order valence-corrected chi connectivity index (χ4v) is 3.52. The molecule has 0 aromatic carbocycles. The van der Waals surface area contributed by atoms with Crippen molar-refractivity contribution < 1.29 is 4.79 Å². The number of urea groups is 1. The lowest BCUT2D eigenvalue weighted by molar-refractivity contribution is 0.212. The second-order valence-corrected chi connectivity index (χ2v) is 6.96. The SMILES string of the molecule is CCc1ncc2c(n1)CN(C(=O)Nc1nc(-c3cccs3)ccc1N)C2. The van der Waals surface area contributed by atoms with E-state index in [9.17, 15) is 4.79 Å². The zero-order chi connectivity index (χ0) is 18.1. The van der Waals surface area contributed by atoms with Crippen LogP contribution >= 0.6 is 11.3 Å². The normalized spacial score (nSPS) is 12.9. The van der Waals surface area contributed by atoms with Gasteiger partial charge >= 0.3 is 6.03 Å². The van der Waals surface area contributed by atoms with Crippen LogP contribution < -0.4 is 11.1 Å². The number of amides is 2. The highest BCUT2D eigenvalue weighted by atomic mass is 32.1. The third-order valence-electron chi connectivity index (χ3n) is 4.23. The fraction of sp³-hybridized carbons (Fsp3) is 0.222. The van der Waals surface area contributed by atoms with E-state index in [2.05, 4.69) is 20.3 Å². The first-order chi connectivity index (χ1) is 12.6. The van der Waals surface area contributed by atoms with E-state index in [1.165, 1.54) is 0 Å². The van der Waals surface area contributed by atoms with E-state index in [1.807, 2.05) is 30.5 Å². The zero-order valence-corrected chi connectivity index (χ0v) is 15.1. The van der Waals surface area contributed by atoms with Gasteiger partial charge in [0, 0.05) is 18.2 Å². The largest absolute Gasteiger partial charge is 0.396 e. The summed E-state index contributed by atoms with van der Waals surface area (Å²) in [6, 6.07) is 7.31. The number of nitrogens with two attached hydrogens (primary N) is 1. The summed E-state index contributed by atoms with van der Waals surface area (Å²) < 4.78 is 0. The minimum Gasteiger partial charge on any atom is -0.396 e. The summed E-state index contributed by atoms with van der Waals surface area (Å²) in [7, 11) is 0. The second-order valence-electron chi connectivity index (χ2n) is 6.01. The zero-order valence-electron chi connectivity index (χ0n) is 14.3. The predicted molar refractivity (Wildman–Crippen MR) is 102 cm³/mol. The Hall–Kier alpha value is -3.00. The Labute approximate surface area is 154 Å². The van der Waals surface area contributed by atoms with Crippen LogP contribution in [0.5, 0.6) is 0 Å². The molecule has 0 radical (unpaired) electrons. The Morgan fingerprint density at radius 2 is 2.19 bits per heavy atom. The van der Waals surface area contributed by atoms with Crippen molar-refractivity contribution in [2.45, 2.75) is 26.4 Å². The van der Waals surface area contributed by atoms with Crippen molar-refractivity contribution in [1.29, 1.82) is 0 Å². The fourth-order valence-electron chi connectivity index (χ4n) is 2.82. The molecule has 0 aliphatic carbocycles. The Morgan fingerprint density at radius 1 is 1.31 bits per heavy atom. The Kier molecular flexibility index (Phi) is 4.26. The summed E-state index contributed by atoms with van der Waals surface area (Å²) in [5, 5.41) is 4.81. The third kappa shape index (κ3) is 3.11. The number of anilines is 2. The first-order valence-corrected chi connectivity index (χ1v) is 9.22. The molecule has 132 valence electrons. The summed E-state index contributed by atoms with van der Waals surface area (Å²) in [4.78, 5) is 28.7. The number of aryl methyl sites for hydroxylation is 1. The molecule has 0 saturated carbocycles. The highest BCUT2D eigenvalue weighted by Crippen LogP contribution is 2.27. The van der Waals surface area contributed by atoms with Gasteiger partial charge in [-0.2, -0.15) is 0 Å². The molecule has 1 aliphatic heterocycles. The van der Waals surface area contributed by atoms with Gasteiger partial charge < -0.3 is 10.6 Å². The number of pyridine rings is 1. The van der Waals surface area contributed by atoms with E-state index in [4.69, 9.17) is 5.73 Å². The van der Waals surface area contributed by atoms with Crippen molar-refractivity contribution in [3.8, 4) is 10.6 Å². The molecule has 4 rings (SSSR count). The van der Waals surface area contributed by atoms with E-state index >= 15 is 0 Å². The van der Waals surface area contributed by atoms with Crippen LogP contribution in [0, 0.1) is 0 Å². The summed E-state index contributed by atoms with van der Waals surface area (Å²) in [6.07, 6.45) is 2.58. The van der Waals surface area contributed by atoms with Crippen LogP contribution in [0.2, 0.25) is 0 Å². The van der Waals surface area contributed by atoms with Crippen LogP contribution in [0.1, 0.15) is 24.0 Å². The first-order valence-electron chi connectivity index (χ1n) is 8.34. The number of hydrogen-bond donors (Lipinski definition) is 2. The molecule has 0 unspecified atom stereocenters. The number of nitrogen functional groups attached to an aromatic ring is 1. The monoisotopic (exact) mass is 366 g/mol. The minimum absolute atomic E-state index is 0.247. The quantitative estimate of drug-likeness (QED) is 0.741. The Balaban J connectivity index is 1.51. The summed E-state index contributed by atoms with van der Waals surface area (Å²) in [6.45, 7) is 2.95. The molecule has 8 heteroatoms. The van der Waals surface area contributed by atoms with Crippen LogP contribution in [-0.2, 0) is 19.5 Å². The van der Waals surface area contributed by atoms with Crippen molar-refractivity contribution >= 4 is 28.9 Å². The number of fused-ring (bicyclic) bond motifs is 1. The summed E-state index contributed by atoms with van der Waals surface area (Å²) >= 11 is 1.59. The van der Waals surface area contributed by atoms with Gasteiger partial charge in [-0.25, -0.2) is 19.7 Å². The molecule has 0 saturated heterocycles. The second kappa shape index (κ2) is 6.72. The van der Waals surface area contributed by atoms with Crippen molar-refractivity contribution in [3.05, 3.63) is 52.9 Å². The van der Waals surface area contributed by atoms with Gasteiger partial charge in [0.05, 0.1) is 35.0 Å². The molecular weight excluding hydrogens is 348 g/mol. The van der Waals surface area contributed by atoms with E-state index in [1.54, 1.807) is 28.5 Å². The average molecular weight is 366 g/mol. The molecule has 3 aromatic rings. The summed E-state index contributed by atoms with van der Waals surface area (Å²) in [5.74, 6) is 1.16. The number of aromatic nitrogens is 3. The van der Waals surface area contributed by atoms with E-state index in [0.717, 1.165) is 34.1 Å². The summed E-state index contributed by atoms with van der Waals surface area (Å²) in [5.41, 5.74) is 9.10. The molecule has 0 bridgehead atoms. The lowest BCUT2D eigenvalue weighted by atomic mass is 10.3. The number of hydrogen-bond acceptors (Lipinski definition) is 6. The predicted octanol–water partition coefficient (Wildman–Crippen LogP) is 3.29. The number of carbonyl (C=O) groups is 1. The molecule has 3 N–H and O–H groups in total. The van der Waals surface area contributed by atoms with Crippen LogP contribution in [0.25, 0.3) is 10.6 Å². The maximum absolute atomic E-state index is 12.7. The Bertz CT molecular complexity index is 956. The molecule has 7 nitrogen and oxygen atoms in total. The van der Waals surface area contributed by atoms with Gasteiger partial charge in [-0.1, -0.05) is 13.0 Å². The lowest BCUT2D eigenvalue weighted by Crippen LogP contribution is -2.31. The number of thiophene rings is 1. The van der Waals surface area contributed by atoms with E-state index in [-0.39, 0.29) is 6.03 Å². The van der Waals surface area contributed by atoms with Crippen molar-refractivity contribution in [2.24, 2.45) is 0 Å². The van der Waals surface area contributed by atoms with Gasteiger partial charge in [0.25, 0.3) is 0 Å². The van der Waals surface area contributed by atoms with Gasteiger partial charge in [-0.15, -0.1) is 11.3 Å². The molecule has 2 amide bonds. The number of nitrogens with zero attached hydrogens (tertiary/aromatic N) is 4. The minimum atomic E-state index is -0.247. The molecule has 3 aromatic heterocycles. The maximum Gasteiger partial charge on any atom is 0.323 e. The first kappa shape index (κ1) is 16.5. The van der Waals surface area contributed by atoms with E-state index in [0.29, 0.717) is 24.6 Å². The molecule has 1 aliphatic rings. The number of nitrogens with one attached hydrogen (secondary N) is 1. The topological polar surface area (TPSA) is 97.0 Å². The highest BCUT2D eigenvalue weighted by molar-refractivity contribution is 7.13. The Morgan fingerprint density at radius 3 is 2.96 bits per heavy atom. The maximum atomic E-state index is 12.7.